The molecule has 88 valence electrons. The molecule has 2 rings (SSSR count). The average molecular weight is 284 g/mol. The molecule has 1 fully saturated rings. The maximum atomic E-state index is 4.29. The molecule has 0 amide bonds. The lowest BCUT2D eigenvalue weighted by Gasteiger charge is -2.28. The van der Waals surface area contributed by atoms with Crippen LogP contribution < -0.4 is 10.6 Å². The molecule has 0 bridgehead atoms. The lowest BCUT2D eigenvalue weighted by atomic mass is 9.96. The second kappa shape index (κ2) is 5.64. The summed E-state index contributed by atoms with van der Waals surface area (Å²) in [4.78, 5) is 4.29. The van der Waals surface area contributed by atoms with Crippen molar-refractivity contribution in [2.24, 2.45) is 5.92 Å². The highest BCUT2D eigenvalue weighted by atomic mass is 79.9. The molecule has 2 atom stereocenters. The summed E-state index contributed by atoms with van der Waals surface area (Å²) in [5.41, 5.74) is 0. The Hall–Kier alpha value is -0.610. The molecule has 2 heterocycles. The third-order valence-electron chi connectivity index (χ3n) is 3.02. The molecule has 4 heteroatoms. The van der Waals surface area contributed by atoms with Crippen molar-refractivity contribution in [3.8, 4) is 0 Å². The van der Waals surface area contributed by atoms with Gasteiger partial charge in [-0.2, -0.15) is 0 Å². The normalized spacial score (nSPS) is 25.4. The van der Waals surface area contributed by atoms with Crippen LogP contribution in [0.4, 0.5) is 5.82 Å². The molecule has 1 aliphatic rings. The molecular weight excluding hydrogens is 266 g/mol. The van der Waals surface area contributed by atoms with Crippen molar-refractivity contribution in [3.63, 3.8) is 0 Å². The van der Waals surface area contributed by atoms with Gasteiger partial charge in [0, 0.05) is 23.3 Å². The predicted molar refractivity (Wildman–Crippen MR) is 70.6 cm³/mol. The lowest BCUT2D eigenvalue weighted by molar-refractivity contribution is 0.336. The molecule has 0 aromatic carbocycles. The number of piperidine rings is 1. The Morgan fingerprint density at radius 1 is 1.50 bits per heavy atom. The maximum Gasteiger partial charge on any atom is 0.126 e. The Morgan fingerprint density at radius 3 is 3.00 bits per heavy atom. The van der Waals surface area contributed by atoms with E-state index in [1.165, 1.54) is 12.8 Å². The van der Waals surface area contributed by atoms with Crippen molar-refractivity contribution in [1.82, 2.24) is 10.3 Å². The molecule has 1 aromatic heterocycles. The van der Waals surface area contributed by atoms with E-state index in [1.807, 2.05) is 18.3 Å². The van der Waals surface area contributed by atoms with Crippen LogP contribution >= 0.6 is 15.9 Å². The molecular formula is C12H18BrN3. The van der Waals surface area contributed by atoms with Gasteiger partial charge in [0.2, 0.25) is 0 Å². The number of nitrogens with zero attached hydrogens (tertiary/aromatic N) is 1. The fourth-order valence-corrected chi connectivity index (χ4v) is 2.17. The Labute approximate surface area is 105 Å². The molecule has 16 heavy (non-hydrogen) atoms. The minimum absolute atomic E-state index is 0.585. The monoisotopic (exact) mass is 283 g/mol. The summed E-state index contributed by atoms with van der Waals surface area (Å²) in [6.45, 7) is 4.40. The van der Waals surface area contributed by atoms with Gasteiger partial charge in [0.15, 0.2) is 0 Å². The summed E-state index contributed by atoms with van der Waals surface area (Å²) >= 11 is 3.38. The van der Waals surface area contributed by atoms with Crippen molar-refractivity contribution in [2.45, 2.75) is 25.8 Å². The first-order valence-corrected chi connectivity index (χ1v) is 6.62. The Bertz CT molecular complexity index is 318. The van der Waals surface area contributed by atoms with Crippen LogP contribution in [0.25, 0.3) is 0 Å². The van der Waals surface area contributed by atoms with E-state index in [4.69, 9.17) is 0 Å². The minimum atomic E-state index is 0.585. The van der Waals surface area contributed by atoms with Gasteiger partial charge in [0.1, 0.15) is 5.82 Å². The van der Waals surface area contributed by atoms with E-state index >= 15 is 0 Å². The van der Waals surface area contributed by atoms with Gasteiger partial charge in [-0.1, -0.05) is 6.92 Å². The van der Waals surface area contributed by atoms with Gasteiger partial charge in [-0.05, 0) is 53.4 Å². The molecule has 0 unspecified atom stereocenters. The number of hydrogen-bond donors (Lipinski definition) is 2. The van der Waals surface area contributed by atoms with Crippen molar-refractivity contribution in [2.75, 3.05) is 18.4 Å². The second-order valence-corrected chi connectivity index (χ2v) is 5.45. The maximum absolute atomic E-state index is 4.29. The fourth-order valence-electron chi connectivity index (χ4n) is 1.94. The zero-order chi connectivity index (χ0) is 11.4. The molecule has 2 N–H and O–H groups in total. The topological polar surface area (TPSA) is 37.0 Å². The van der Waals surface area contributed by atoms with Crippen LogP contribution in [-0.2, 0) is 0 Å². The van der Waals surface area contributed by atoms with E-state index in [1.54, 1.807) is 0 Å². The second-order valence-electron chi connectivity index (χ2n) is 4.53. The zero-order valence-corrected chi connectivity index (χ0v) is 11.1. The van der Waals surface area contributed by atoms with Crippen LogP contribution in [0.5, 0.6) is 0 Å². The van der Waals surface area contributed by atoms with Crippen molar-refractivity contribution >= 4 is 21.7 Å². The molecule has 1 aromatic rings. The van der Waals surface area contributed by atoms with Gasteiger partial charge in [-0.3, -0.25) is 0 Å². The summed E-state index contributed by atoms with van der Waals surface area (Å²) < 4.78 is 1.02. The van der Waals surface area contributed by atoms with Gasteiger partial charge in [0.05, 0.1) is 0 Å². The number of rotatable bonds is 3. The van der Waals surface area contributed by atoms with E-state index in [-0.39, 0.29) is 0 Å². The summed E-state index contributed by atoms with van der Waals surface area (Å²) in [6.07, 6.45) is 4.40. The van der Waals surface area contributed by atoms with E-state index in [2.05, 4.69) is 38.5 Å². The lowest BCUT2D eigenvalue weighted by Crippen LogP contribution is -2.42. The third-order valence-corrected chi connectivity index (χ3v) is 3.49. The largest absolute Gasteiger partial charge is 0.369 e. The summed E-state index contributed by atoms with van der Waals surface area (Å²) in [5, 5.41) is 6.91. The molecule has 1 saturated heterocycles. The van der Waals surface area contributed by atoms with E-state index in [0.29, 0.717) is 6.04 Å². The van der Waals surface area contributed by atoms with Crippen molar-refractivity contribution in [3.05, 3.63) is 22.8 Å². The van der Waals surface area contributed by atoms with Crippen LogP contribution in [0.15, 0.2) is 22.8 Å². The highest BCUT2D eigenvalue weighted by Crippen LogP contribution is 2.14. The first-order valence-electron chi connectivity index (χ1n) is 5.83. The highest BCUT2D eigenvalue weighted by Gasteiger charge is 2.16. The number of pyridine rings is 1. The quantitative estimate of drug-likeness (QED) is 0.896. The van der Waals surface area contributed by atoms with Crippen molar-refractivity contribution < 1.29 is 0 Å². The summed E-state index contributed by atoms with van der Waals surface area (Å²) in [5.74, 6) is 1.77. The number of anilines is 1. The van der Waals surface area contributed by atoms with E-state index in [9.17, 15) is 0 Å². The Balaban J connectivity index is 1.77. The molecule has 3 nitrogen and oxygen atoms in total. The Kier molecular flexibility index (Phi) is 4.18. The highest BCUT2D eigenvalue weighted by molar-refractivity contribution is 9.10. The standard InChI is InChI=1S/C12H18BrN3/c1-9-2-4-11(14-6-9)8-16-12-5-3-10(13)7-15-12/h3,5,7,9,11,14H,2,4,6,8H2,1H3,(H,15,16)/t9-,11-/m0/s1. The van der Waals surface area contributed by atoms with Crippen LogP contribution in [-0.4, -0.2) is 24.1 Å². The van der Waals surface area contributed by atoms with Gasteiger partial charge >= 0.3 is 0 Å². The molecule has 0 radical (unpaired) electrons. The average Bonchev–Trinajstić information content (AvgIpc) is 2.30. The fraction of sp³-hybridized carbons (Fsp3) is 0.583. The van der Waals surface area contributed by atoms with E-state index < -0.39 is 0 Å². The minimum Gasteiger partial charge on any atom is -0.369 e. The number of aromatic nitrogens is 1. The number of nitrogens with one attached hydrogen (secondary N) is 2. The smallest absolute Gasteiger partial charge is 0.126 e. The van der Waals surface area contributed by atoms with Gasteiger partial charge in [0.25, 0.3) is 0 Å². The molecule has 0 spiro atoms. The van der Waals surface area contributed by atoms with Crippen LogP contribution in [0.2, 0.25) is 0 Å². The molecule has 1 aliphatic heterocycles. The van der Waals surface area contributed by atoms with Crippen LogP contribution in [0.1, 0.15) is 19.8 Å². The van der Waals surface area contributed by atoms with Crippen LogP contribution in [0, 0.1) is 5.92 Å². The molecule has 0 saturated carbocycles. The molecule has 0 aliphatic carbocycles. The number of hydrogen-bond acceptors (Lipinski definition) is 3. The Morgan fingerprint density at radius 2 is 2.38 bits per heavy atom. The summed E-state index contributed by atoms with van der Waals surface area (Å²) in [6, 6.07) is 4.59. The predicted octanol–water partition coefficient (Wildman–Crippen LogP) is 2.64. The first kappa shape index (κ1) is 11.9. The first-order chi connectivity index (χ1) is 7.74. The van der Waals surface area contributed by atoms with Gasteiger partial charge < -0.3 is 10.6 Å². The zero-order valence-electron chi connectivity index (χ0n) is 9.54. The van der Waals surface area contributed by atoms with Gasteiger partial charge in [-0.15, -0.1) is 0 Å². The van der Waals surface area contributed by atoms with E-state index in [0.717, 1.165) is 29.3 Å². The third kappa shape index (κ3) is 3.46. The number of halogens is 1. The van der Waals surface area contributed by atoms with Gasteiger partial charge in [-0.25, -0.2) is 4.98 Å². The van der Waals surface area contributed by atoms with Crippen molar-refractivity contribution in [1.29, 1.82) is 0 Å². The SMILES string of the molecule is C[C@H]1CC[C@@H](CNc2ccc(Br)cn2)NC1. The summed E-state index contributed by atoms with van der Waals surface area (Å²) in [7, 11) is 0. The van der Waals surface area contributed by atoms with Crippen LogP contribution in [0.3, 0.4) is 0 Å².